The number of carbonyl (C=O) groups is 2. The van der Waals surface area contributed by atoms with Gasteiger partial charge in [0.25, 0.3) is 0 Å². The molecule has 0 spiro atoms. The first-order chi connectivity index (χ1) is 11.1. The first-order valence-corrected chi connectivity index (χ1v) is 7.69. The number of hydrogen-bond acceptors (Lipinski definition) is 5. The van der Waals surface area contributed by atoms with E-state index in [-0.39, 0.29) is 25.0 Å². The molecule has 0 aliphatic carbocycles. The average Bonchev–Trinajstić information content (AvgIpc) is 2.99. The fraction of sp³-hybridized carbons (Fsp3) is 0.667. The molecule has 8 heteroatoms. The van der Waals surface area contributed by atoms with Crippen molar-refractivity contribution in [2.75, 3.05) is 40.0 Å². The topological polar surface area (TPSA) is 93.9 Å². The highest BCUT2D eigenvalue weighted by atomic mass is 16.5. The summed E-state index contributed by atoms with van der Waals surface area (Å²) in [7, 11) is 1.59. The minimum atomic E-state index is -0.923. The molecule has 1 unspecified atom stereocenters. The van der Waals surface area contributed by atoms with Crippen molar-refractivity contribution in [1.82, 2.24) is 14.7 Å². The lowest BCUT2D eigenvalue weighted by Gasteiger charge is -2.32. The third-order valence-corrected chi connectivity index (χ3v) is 3.81. The van der Waals surface area contributed by atoms with Crippen molar-refractivity contribution in [2.45, 2.75) is 25.3 Å². The van der Waals surface area contributed by atoms with E-state index in [0.29, 0.717) is 19.8 Å². The standard InChI is InChI=1S/C15H23N3O5/c1-22-7-8-23-11-14(19)17-5-2-3-12(9-17)13-4-6-18(16-13)10-15(20)21/h4,6,12H,2-3,5,7-11H2,1H3,(H,20,21). The fourth-order valence-corrected chi connectivity index (χ4v) is 2.66. The molecule has 1 saturated heterocycles. The molecule has 2 rings (SSSR count). The van der Waals surface area contributed by atoms with Crippen LogP contribution < -0.4 is 0 Å². The molecule has 0 radical (unpaired) electrons. The van der Waals surface area contributed by atoms with Crippen LogP contribution >= 0.6 is 0 Å². The summed E-state index contributed by atoms with van der Waals surface area (Å²) in [6.07, 6.45) is 3.51. The molecule has 1 fully saturated rings. The highest BCUT2D eigenvalue weighted by Crippen LogP contribution is 2.25. The first kappa shape index (κ1) is 17.4. The lowest BCUT2D eigenvalue weighted by atomic mass is 9.95. The van der Waals surface area contributed by atoms with E-state index in [4.69, 9.17) is 14.6 Å². The Morgan fingerprint density at radius 2 is 2.26 bits per heavy atom. The van der Waals surface area contributed by atoms with Crippen molar-refractivity contribution in [2.24, 2.45) is 0 Å². The zero-order valence-corrected chi connectivity index (χ0v) is 13.3. The first-order valence-electron chi connectivity index (χ1n) is 7.69. The Balaban J connectivity index is 1.86. The number of carbonyl (C=O) groups excluding carboxylic acids is 1. The van der Waals surface area contributed by atoms with Crippen LogP contribution in [-0.4, -0.2) is 71.7 Å². The van der Waals surface area contributed by atoms with Crippen molar-refractivity contribution in [3.05, 3.63) is 18.0 Å². The quantitative estimate of drug-likeness (QED) is 0.693. The van der Waals surface area contributed by atoms with Gasteiger partial charge in [-0.05, 0) is 18.9 Å². The highest BCUT2D eigenvalue weighted by molar-refractivity contribution is 5.77. The van der Waals surface area contributed by atoms with E-state index in [2.05, 4.69) is 5.10 Å². The lowest BCUT2D eigenvalue weighted by molar-refractivity contribution is -0.138. The highest BCUT2D eigenvalue weighted by Gasteiger charge is 2.26. The van der Waals surface area contributed by atoms with E-state index in [1.165, 1.54) is 4.68 Å². The third-order valence-electron chi connectivity index (χ3n) is 3.81. The molecule has 1 aliphatic rings. The van der Waals surface area contributed by atoms with E-state index in [9.17, 15) is 9.59 Å². The molecule has 2 heterocycles. The van der Waals surface area contributed by atoms with E-state index in [1.54, 1.807) is 18.2 Å². The molecule has 0 saturated carbocycles. The van der Waals surface area contributed by atoms with Crippen LogP contribution in [0, 0.1) is 0 Å². The number of likely N-dealkylation sites (tertiary alicyclic amines) is 1. The molecule has 23 heavy (non-hydrogen) atoms. The number of hydrogen-bond donors (Lipinski definition) is 1. The van der Waals surface area contributed by atoms with Crippen molar-refractivity contribution in [1.29, 1.82) is 0 Å². The summed E-state index contributed by atoms with van der Waals surface area (Å²) >= 11 is 0. The summed E-state index contributed by atoms with van der Waals surface area (Å²) < 4.78 is 11.6. The molecule has 1 N–H and O–H groups in total. The van der Waals surface area contributed by atoms with Crippen molar-refractivity contribution in [3.8, 4) is 0 Å². The van der Waals surface area contributed by atoms with Gasteiger partial charge in [0.15, 0.2) is 0 Å². The average molecular weight is 325 g/mol. The molecule has 128 valence electrons. The Labute approximate surface area is 135 Å². The van der Waals surface area contributed by atoms with E-state index in [0.717, 1.165) is 25.1 Å². The molecule has 1 atom stereocenters. The van der Waals surface area contributed by atoms with E-state index in [1.807, 2.05) is 6.07 Å². The van der Waals surface area contributed by atoms with Crippen molar-refractivity contribution >= 4 is 11.9 Å². The lowest BCUT2D eigenvalue weighted by Crippen LogP contribution is -2.41. The van der Waals surface area contributed by atoms with Gasteiger partial charge in [0.2, 0.25) is 5.91 Å². The number of methoxy groups -OCH3 is 1. The van der Waals surface area contributed by atoms with Crippen LogP contribution in [0.5, 0.6) is 0 Å². The number of aliphatic carboxylic acids is 1. The summed E-state index contributed by atoms with van der Waals surface area (Å²) in [6, 6.07) is 1.83. The van der Waals surface area contributed by atoms with Gasteiger partial charge in [-0.25, -0.2) is 0 Å². The number of amides is 1. The zero-order chi connectivity index (χ0) is 16.7. The van der Waals surface area contributed by atoms with Gasteiger partial charge in [0.05, 0.1) is 18.9 Å². The van der Waals surface area contributed by atoms with Crippen molar-refractivity contribution < 1.29 is 24.2 Å². The summed E-state index contributed by atoms with van der Waals surface area (Å²) in [6.45, 7) is 2.09. The van der Waals surface area contributed by atoms with Gasteiger partial charge in [-0.2, -0.15) is 5.10 Å². The second kappa shape index (κ2) is 8.64. The fourth-order valence-electron chi connectivity index (χ4n) is 2.66. The Bertz CT molecular complexity index is 531. The van der Waals surface area contributed by atoms with Gasteiger partial charge in [-0.15, -0.1) is 0 Å². The number of piperidine rings is 1. The molecule has 1 aliphatic heterocycles. The molecular formula is C15H23N3O5. The molecule has 1 aromatic heterocycles. The maximum atomic E-state index is 12.1. The van der Waals surface area contributed by atoms with Gasteiger partial charge >= 0.3 is 5.97 Å². The van der Waals surface area contributed by atoms with E-state index >= 15 is 0 Å². The van der Waals surface area contributed by atoms with Gasteiger partial charge in [0, 0.05) is 32.3 Å². The predicted octanol–water partition coefficient (Wildman–Crippen LogP) is 0.337. The predicted molar refractivity (Wildman–Crippen MR) is 81.1 cm³/mol. The second-order valence-electron chi connectivity index (χ2n) is 5.56. The number of carboxylic acid groups (broad SMARTS) is 1. The molecule has 1 amide bonds. The van der Waals surface area contributed by atoms with Gasteiger partial charge in [0.1, 0.15) is 13.2 Å². The van der Waals surface area contributed by atoms with Crippen LogP contribution in [0.15, 0.2) is 12.3 Å². The van der Waals surface area contributed by atoms with Crippen LogP contribution in [0.3, 0.4) is 0 Å². The van der Waals surface area contributed by atoms with E-state index < -0.39 is 5.97 Å². The van der Waals surface area contributed by atoms with Crippen LogP contribution in [-0.2, 0) is 25.6 Å². The minimum Gasteiger partial charge on any atom is -0.480 e. The largest absolute Gasteiger partial charge is 0.480 e. The molecule has 1 aromatic rings. The van der Waals surface area contributed by atoms with Gasteiger partial charge in [-0.1, -0.05) is 0 Å². The Morgan fingerprint density at radius 3 is 3.00 bits per heavy atom. The normalized spacial score (nSPS) is 18.1. The number of ether oxygens (including phenoxy) is 2. The third kappa shape index (κ3) is 5.33. The smallest absolute Gasteiger partial charge is 0.325 e. The minimum absolute atomic E-state index is 0.0317. The van der Waals surface area contributed by atoms with Crippen LogP contribution in [0.1, 0.15) is 24.5 Å². The molecular weight excluding hydrogens is 302 g/mol. The molecule has 0 bridgehead atoms. The maximum Gasteiger partial charge on any atom is 0.325 e. The summed E-state index contributed by atoms with van der Waals surface area (Å²) in [5.41, 5.74) is 0.837. The number of rotatable bonds is 8. The maximum absolute atomic E-state index is 12.1. The molecule has 8 nitrogen and oxygen atoms in total. The van der Waals surface area contributed by atoms with Crippen LogP contribution in [0.25, 0.3) is 0 Å². The molecule has 0 aromatic carbocycles. The van der Waals surface area contributed by atoms with Crippen LogP contribution in [0.2, 0.25) is 0 Å². The Hall–Kier alpha value is -1.93. The summed E-state index contributed by atoms with van der Waals surface area (Å²) in [5.74, 6) is -0.814. The number of aromatic nitrogens is 2. The van der Waals surface area contributed by atoms with Gasteiger partial charge < -0.3 is 19.5 Å². The monoisotopic (exact) mass is 325 g/mol. The summed E-state index contributed by atoms with van der Waals surface area (Å²) in [5, 5.41) is 13.1. The van der Waals surface area contributed by atoms with Gasteiger partial charge in [-0.3, -0.25) is 14.3 Å². The SMILES string of the molecule is COCCOCC(=O)N1CCCC(c2ccn(CC(=O)O)n2)C1. The number of carboxylic acids is 1. The summed E-state index contributed by atoms with van der Waals surface area (Å²) in [4.78, 5) is 24.6. The number of nitrogens with zero attached hydrogens (tertiary/aromatic N) is 3. The van der Waals surface area contributed by atoms with Crippen LogP contribution in [0.4, 0.5) is 0 Å². The second-order valence-corrected chi connectivity index (χ2v) is 5.56. The van der Waals surface area contributed by atoms with Crippen molar-refractivity contribution in [3.63, 3.8) is 0 Å². The Kier molecular flexibility index (Phi) is 6.54. The zero-order valence-electron chi connectivity index (χ0n) is 13.3. The Morgan fingerprint density at radius 1 is 1.43 bits per heavy atom.